The van der Waals surface area contributed by atoms with Crippen LogP contribution in [0.4, 0.5) is 0 Å². The number of hydrogen-bond acceptors (Lipinski definition) is 1. The molecule has 12 heavy (non-hydrogen) atoms. The van der Waals surface area contributed by atoms with Crippen molar-refractivity contribution in [2.24, 2.45) is 0 Å². The van der Waals surface area contributed by atoms with E-state index in [2.05, 4.69) is 30.3 Å². The van der Waals surface area contributed by atoms with Gasteiger partial charge in [0.15, 0.2) is 0 Å². The molecule has 1 atom stereocenters. The topological polar surface area (TPSA) is 9.23 Å². The van der Waals surface area contributed by atoms with Crippen molar-refractivity contribution >= 4 is 24.5 Å². The summed E-state index contributed by atoms with van der Waals surface area (Å²) in [5.41, 5.74) is 0. The third-order valence-corrected chi connectivity index (χ3v) is 5.26. The third kappa shape index (κ3) is 2.23. The Morgan fingerprint density at radius 2 is 2.08 bits per heavy atom. The molecule has 0 saturated carbocycles. The van der Waals surface area contributed by atoms with Crippen LogP contribution >= 0.6 is 0 Å². The van der Waals surface area contributed by atoms with Crippen molar-refractivity contribution in [3.05, 3.63) is 30.3 Å². The van der Waals surface area contributed by atoms with E-state index in [-0.39, 0.29) is 20.9 Å². The first-order valence-corrected chi connectivity index (χ1v) is 6.79. The summed E-state index contributed by atoms with van der Waals surface area (Å²) in [6.07, 6.45) is 2.55. The van der Waals surface area contributed by atoms with Crippen LogP contribution in [0.15, 0.2) is 30.3 Å². The fourth-order valence-electron chi connectivity index (χ4n) is 1.29. The standard InChI is InChI=1S/C10H12OTe/c1-2-5-9(6-3-1)12-10-7-4-8-11-10/h1-3,5-6,10H,4,7-8H2. The average Bonchev–Trinajstić information content (AvgIpc) is 2.59. The van der Waals surface area contributed by atoms with Gasteiger partial charge in [0.05, 0.1) is 0 Å². The molecule has 1 aromatic carbocycles. The van der Waals surface area contributed by atoms with Gasteiger partial charge < -0.3 is 0 Å². The van der Waals surface area contributed by atoms with Crippen LogP contribution in [0.5, 0.6) is 0 Å². The van der Waals surface area contributed by atoms with Crippen LogP contribution in [-0.4, -0.2) is 31.7 Å². The van der Waals surface area contributed by atoms with Gasteiger partial charge in [0.2, 0.25) is 0 Å². The summed E-state index contributed by atoms with van der Waals surface area (Å²) in [6.45, 7) is 0.988. The summed E-state index contributed by atoms with van der Waals surface area (Å²) in [7, 11) is 0. The van der Waals surface area contributed by atoms with Crippen LogP contribution < -0.4 is 3.61 Å². The van der Waals surface area contributed by atoms with Crippen molar-refractivity contribution in [3.8, 4) is 0 Å². The van der Waals surface area contributed by atoms with Gasteiger partial charge in [-0.15, -0.1) is 0 Å². The predicted octanol–water partition coefficient (Wildman–Crippen LogP) is 1.15. The minimum absolute atomic E-state index is 0.0777. The van der Waals surface area contributed by atoms with Crippen LogP contribution in [0.1, 0.15) is 12.8 Å². The van der Waals surface area contributed by atoms with Crippen molar-refractivity contribution in [1.29, 1.82) is 0 Å². The summed E-state index contributed by atoms with van der Waals surface area (Å²) in [4.78, 5) is 0. The molecular weight excluding hydrogens is 264 g/mol. The fraction of sp³-hybridized carbons (Fsp3) is 0.400. The van der Waals surface area contributed by atoms with E-state index in [4.69, 9.17) is 4.74 Å². The van der Waals surface area contributed by atoms with Crippen molar-refractivity contribution < 1.29 is 4.74 Å². The Bertz CT molecular complexity index is 229. The molecule has 1 nitrogen and oxygen atoms in total. The van der Waals surface area contributed by atoms with Gasteiger partial charge >= 0.3 is 83.2 Å². The average molecular weight is 276 g/mol. The van der Waals surface area contributed by atoms with E-state index in [0.717, 1.165) is 6.61 Å². The second-order valence-electron chi connectivity index (χ2n) is 2.87. The Morgan fingerprint density at radius 3 is 2.75 bits per heavy atom. The van der Waals surface area contributed by atoms with Crippen LogP contribution in [0.25, 0.3) is 0 Å². The number of hydrogen-bond donors (Lipinski definition) is 0. The molecule has 0 radical (unpaired) electrons. The summed E-state index contributed by atoms with van der Waals surface area (Å²) in [5.74, 6) is 0. The number of benzene rings is 1. The van der Waals surface area contributed by atoms with E-state index in [0.29, 0.717) is 4.15 Å². The Labute approximate surface area is 83.2 Å². The van der Waals surface area contributed by atoms with E-state index in [9.17, 15) is 0 Å². The van der Waals surface area contributed by atoms with E-state index < -0.39 is 0 Å². The van der Waals surface area contributed by atoms with Crippen molar-refractivity contribution in [1.82, 2.24) is 0 Å². The quantitative estimate of drug-likeness (QED) is 0.736. The Balaban J connectivity index is 1.94. The van der Waals surface area contributed by atoms with Gasteiger partial charge in [-0.2, -0.15) is 0 Å². The number of rotatable bonds is 2. The Kier molecular flexibility index (Phi) is 3.05. The molecule has 1 unspecified atom stereocenters. The second-order valence-corrected chi connectivity index (χ2v) is 6.39. The monoisotopic (exact) mass is 278 g/mol. The minimum atomic E-state index is -0.0777. The molecule has 0 bridgehead atoms. The van der Waals surface area contributed by atoms with Gasteiger partial charge in [-0.3, -0.25) is 0 Å². The fourth-order valence-corrected chi connectivity index (χ4v) is 4.34. The Hall–Kier alpha value is -0.0304. The predicted molar refractivity (Wildman–Crippen MR) is 50.8 cm³/mol. The van der Waals surface area contributed by atoms with E-state index >= 15 is 0 Å². The van der Waals surface area contributed by atoms with Crippen molar-refractivity contribution in [3.63, 3.8) is 0 Å². The molecule has 2 rings (SSSR count). The molecular formula is C10H12OTe. The van der Waals surface area contributed by atoms with Gasteiger partial charge in [-0.05, 0) is 0 Å². The van der Waals surface area contributed by atoms with Gasteiger partial charge in [0, 0.05) is 0 Å². The molecule has 0 spiro atoms. The SMILES string of the molecule is c1ccc([Te]C2CCCO2)cc1. The molecule has 1 heterocycles. The summed E-state index contributed by atoms with van der Waals surface area (Å²) in [6, 6.07) is 10.8. The zero-order valence-corrected chi connectivity index (χ0v) is 9.23. The molecule has 0 N–H and O–H groups in total. The van der Waals surface area contributed by atoms with Crippen LogP contribution in [-0.2, 0) is 4.74 Å². The molecule has 1 aliphatic rings. The summed E-state index contributed by atoms with van der Waals surface area (Å²) in [5, 5.41) is 0. The first-order chi connectivity index (χ1) is 5.95. The zero-order chi connectivity index (χ0) is 8.23. The first-order valence-electron chi connectivity index (χ1n) is 4.28. The van der Waals surface area contributed by atoms with E-state index in [1.807, 2.05) is 0 Å². The molecule has 64 valence electrons. The zero-order valence-electron chi connectivity index (χ0n) is 6.90. The summed E-state index contributed by atoms with van der Waals surface area (Å²) >= 11 is -0.0777. The second kappa shape index (κ2) is 4.28. The normalized spacial score (nSPS) is 22.8. The first kappa shape index (κ1) is 8.56. The number of ether oxygens (including phenoxy) is 1. The van der Waals surface area contributed by atoms with Gasteiger partial charge in [0.25, 0.3) is 0 Å². The molecule has 0 amide bonds. The maximum atomic E-state index is 5.61. The van der Waals surface area contributed by atoms with Crippen molar-refractivity contribution in [2.45, 2.75) is 17.0 Å². The molecule has 2 heteroatoms. The maximum absolute atomic E-state index is 5.61. The molecule has 1 fully saturated rings. The summed E-state index contributed by atoms with van der Waals surface area (Å²) < 4.78 is 7.75. The van der Waals surface area contributed by atoms with Gasteiger partial charge in [0.1, 0.15) is 0 Å². The molecule has 1 aliphatic heterocycles. The molecule has 1 aromatic rings. The van der Waals surface area contributed by atoms with E-state index in [1.165, 1.54) is 16.5 Å². The van der Waals surface area contributed by atoms with Crippen molar-refractivity contribution in [2.75, 3.05) is 6.61 Å². The molecule has 0 aliphatic carbocycles. The third-order valence-electron chi connectivity index (χ3n) is 1.90. The van der Waals surface area contributed by atoms with Crippen LogP contribution in [0.2, 0.25) is 0 Å². The van der Waals surface area contributed by atoms with Crippen LogP contribution in [0, 0.1) is 0 Å². The van der Waals surface area contributed by atoms with Gasteiger partial charge in [-0.1, -0.05) is 0 Å². The van der Waals surface area contributed by atoms with E-state index in [1.54, 1.807) is 0 Å². The molecule has 1 saturated heterocycles. The van der Waals surface area contributed by atoms with Gasteiger partial charge in [-0.25, -0.2) is 0 Å². The molecule has 0 aromatic heterocycles. The van der Waals surface area contributed by atoms with Crippen LogP contribution in [0.3, 0.4) is 0 Å². The Morgan fingerprint density at radius 1 is 1.25 bits per heavy atom.